The van der Waals surface area contributed by atoms with Gasteiger partial charge in [0.05, 0.1) is 0 Å². The van der Waals surface area contributed by atoms with Crippen LogP contribution in [-0.2, 0) is 0 Å². The molecule has 0 heteroatoms. The van der Waals surface area contributed by atoms with E-state index in [0.29, 0.717) is 5.41 Å². The van der Waals surface area contributed by atoms with E-state index in [4.69, 9.17) is 0 Å². The Labute approximate surface area is 70.4 Å². The molecule has 0 aromatic heterocycles. The first-order valence-electron chi connectivity index (χ1n) is 5.06. The molecule has 0 nitrogen and oxygen atoms in total. The molecule has 0 bridgehead atoms. The molecule has 0 aromatic rings. The first-order valence-corrected chi connectivity index (χ1v) is 5.06. The summed E-state index contributed by atoms with van der Waals surface area (Å²) in [7, 11) is 0. The molecule has 2 aliphatic rings. The number of fused-ring (bicyclic) bond motifs is 1. The molecule has 2 rings (SSSR count). The van der Waals surface area contributed by atoms with Gasteiger partial charge in [-0.25, -0.2) is 0 Å². The smallest absolute Gasteiger partial charge is 0.0209 e. The third-order valence-corrected chi connectivity index (χ3v) is 4.86. The van der Waals surface area contributed by atoms with E-state index in [1.807, 2.05) is 0 Å². The summed E-state index contributed by atoms with van der Waals surface area (Å²) in [6.07, 6.45) is 4.40. The Balaban J connectivity index is 2.11. The van der Waals surface area contributed by atoms with Gasteiger partial charge >= 0.3 is 0 Å². The van der Waals surface area contributed by atoms with Crippen molar-refractivity contribution in [2.75, 3.05) is 0 Å². The average molecular weight is 152 g/mol. The van der Waals surface area contributed by atoms with Crippen molar-refractivity contribution in [1.29, 1.82) is 0 Å². The van der Waals surface area contributed by atoms with E-state index in [1.165, 1.54) is 19.3 Å². The van der Waals surface area contributed by atoms with Crippen LogP contribution in [0.15, 0.2) is 0 Å². The minimum absolute atomic E-state index is 0.660. The van der Waals surface area contributed by atoms with Crippen molar-refractivity contribution < 1.29 is 0 Å². The van der Waals surface area contributed by atoms with Gasteiger partial charge in [-0.3, -0.25) is 0 Å². The molecule has 0 heterocycles. The van der Waals surface area contributed by atoms with E-state index in [0.717, 1.165) is 17.3 Å². The second-order valence-corrected chi connectivity index (χ2v) is 5.23. The van der Waals surface area contributed by atoms with Gasteiger partial charge in [0.15, 0.2) is 0 Å². The molecule has 0 saturated heterocycles. The third-order valence-electron chi connectivity index (χ3n) is 4.86. The highest BCUT2D eigenvalue weighted by molar-refractivity contribution is 5.23. The molecule has 2 fully saturated rings. The molecular weight excluding hydrogens is 132 g/mol. The fourth-order valence-electron chi connectivity index (χ4n) is 3.65. The van der Waals surface area contributed by atoms with Gasteiger partial charge in [0.25, 0.3) is 0 Å². The predicted molar refractivity (Wildman–Crippen MR) is 48.4 cm³/mol. The predicted octanol–water partition coefficient (Wildman–Crippen LogP) is 3.47. The van der Waals surface area contributed by atoms with Crippen LogP contribution in [0.25, 0.3) is 0 Å². The molecule has 0 N–H and O–H groups in total. The summed E-state index contributed by atoms with van der Waals surface area (Å²) < 4.78 is 0. The number of hydrogen-bond acceptors (Lipinski definition) is 0. The molecule has 0 spiro atoms. The molecule has 0 amide bonds. The van der Waals surface area contributed by atoms with Crippen molar-refractivity contribution in [3.05, 3.63) is 0 Å². The first kappa shape index (κ1) is 7.64. The molecule has 2 saturated carbocycles. The summed E-state index contributed by atoms with van der Waals surface area (Å²) in [6.45, 7) is 9.70. The molecule has 3 unspecified atom stereocenters. The lowest BCUT2D eigenvalue weighted by Crippen LogP contribution is -2.45. The van der Waals surface area contributed by atoms with Crippen LogP contribution in [-0.4, -0.2) is 0 Å². The number of rotatable bonds is 2. The van der Waals surface area contributed by atoms with E-state index in [2.05, 4.69) is 27.7 Å². The second-order valence-electron chi connectivity index (χ2n) is 5.23. The maximum absolute atomic E-state index is 2.47. The van der Waals surface area contributed by atoms with Gasteiger partial charge in [0.1, 0.15) is 0 Å². The van der Waals surface area contributed by atoms with E-state index < -0.39 is 0 Å². The third kappa shape index (κ3) is 0.625. The van der Waals surface area contributed by atoms with Crippen LogP contribution in [0, 0.1) is 22.7 Å². The molecule has 11 heavy (non-hydrogen) atoms. The monoisotopic (exact) mass is 152 g/mol. The van der Waals surface area contributed by atoms with Crippen molar-refractivity contribution in [2.45, 2.75) is 47.0 Å². The van der Waals surface area contributed by atoms with E-state index in [9.17, 15) is 0 Å². The Morgan fingerprint density at radius 2 is 2.00 bits per heavy atom. The normalized spacial score (nSPS) is 51.3. The molecular formula is C11H20. The van der Waals surface area contributed by atoms with Crippen LogP contribution >= 0.6 is 0 Å². The summed E-state index contributed by atoms with van der Waals surface area (Å²) in [5, 5.41) is 0. The van der Waals surface area contributed by atoms with Crippen LogP contribution in [0.4, 0.5) is 0 Å². The van der Waals surface area contributed by atoms with Crippen LogP contribution in [0.5, 0.6) is 0 Å². The Hall–Kier alpha value is 0. The summed E-state index contributed by atoms with van der Waals surface area (Å²) in [5.41, 5.74) is 1.47. The van der Waals surface area contributed by atoms with E-state index in [1.54, 1.807) is 0 Å². The highest BCUT2D eigenvalue weighted by Crippen LogP contribution is 2.81. The van der Waals surface area contributed by atoms with Crippen LogP contribution in [0.2, 0.25) is 0 Å². The van der Waals surface area contributed by atoms with Crippen LogP contribution in [0.3, 0.4) is 0 Å². The van der Waals surface area contributed by atoms with Gasteiger partial charge in [0, 0.05) is 0 Å². The summed E-state index contributed by atoms with van der Waals surface area (Å²) in [5.74, 6) is 2.10. The standard InChI is InChI=1S/C11H20/c1-5-6-11-7-9(11)8(2)10(11,3)4/h8-9H,5-7H2,1-4H3. The number of hydrogen-bond donors (Lipinski definition) is 0. The molecule has 0 aliphatic heterocycles. The Bertz CT molecular complexity index is 180. The summed E-state index contributed by atoms with van der Waals surface area (Å²) in [4.78, 5) is 0. The SMILES string of the molecule is CCCC12CC1C(C)C2(C)C. The van der Waals surface area contributed by atoms with Gasteiger partial charge in [-0.2, -0.15) is 0 Å². The van der Waals surface area contributed by atoms with Gasteiger partial charge < -0.3 is 0 Å². The van der Waals surface area contributed by atoms with Crippen molar-refractivity contribution in [3.8, 4) is 0 Å². The van der Waals surface area contributed by atoms with Gasteiger partial charge in [-0.1, -0.05) is 34.1 Å². The maximum Gasteiger partial charge on any atom is -0.0209 e. The average Bonchev–Trinajstić information content (AvgIpc) is 2.62. The lowest BCUT2D eigenvalue weighted by atomic mass is 9.54. The van der Waals surface area contributed by atoms with E-state index >= 15 is 0 Å². The lowest BCUT2D eigenvalue weighted by Gasteiger charge is -2.51. The fourth-order valence-corrected chi connectivity index (χ4v) is 3.65. The van der Waals surface area contributed by atoms with Crippen LogP contribution < -0.4 is 0 Å². The summed E-state index contributed by atoms with van der Waals surface area (Å²) >= 11 is 0. The second kappa shape index (κ2) is 1.84. The van der Waals surface area contributed by atoms with Crippen molar-refractivity contribution in [3.63, 3.8) is 0 Å². The van der Waals surface area contributed by atoms with Crippen molar-refractivity contribution in [2.24, 2.45) is 22.7 Å². The Kier molecular flexibility index (Phi) is 1.28. The zero-order valence-corrected chi connectivity index (χ0v) is 8.28. The quantitative estimate of drug-likeness (QED) is 0.568. The molecule has 3 atom stereocenters. The highest BCUT2D eigenvalue weighted by Gasteiger charge is 2.74. The minimum atomic E-state index is 0.660. The Morgan fingerprint density at radius 1 is 1.36 bits per heavy atom. The summed E-state index contributed by atoms with van der Waals surface area (Å²) in [6, 6.07) is 0. The van der Waals surface area contributed by atoms with Gasteiger partial charge in [-0.05, 0) is 35.5 Å². The maximum atomic E-state index is 2.47. The fraction of sp³-hybridized carbons (Fsp3) is 1.00. The van der Waals surface area contributed by atoms with Crippen molar-refractivity contribution >= 4 is 0 Å². The molecule has 0 aromatic carbocycles. The largest absolute Gasteiger partial charge is 0.0654 e. The molecule has 2 aliphatic carbocycles. The van der Waals surface area contributed by atoms with Gasteiger partial charge in [-0.15, -0.1) is 0 Å². The molecule has 0 radical (unpaired) electrons. The van der Waals surface area contributed by atoms with Crippen LogP contribution in [0.1, 0.15) is 47.0 Å². The topological polar surface area (TPSA) is 0 Å². The van der Waals surface area contributed by atoms with Crippen molar-refractivity contribution in [1.82, 2.24) is 0 Å². The molecule has 64 valence electrons. The first-order chi connectivity index (χ1) is 5.06. The zero-order valence-electron chi connectivity index (χ0n) is 8.28. The van der Waals surface area contributed by atoms with E-state index in [-0.39, 0.29) is 0 Å². The van der Waals surface area contributed by atoms with Gasteiger partial charge in [0.2, 0.25) is 0 Å². The zero-order chi connectivity index (χ0) is 8.28. The highest BCUT2D eigenvalue weighted by atomic mass is 14.8. The minimum Gasteiger partial charge on any atom is -0.0654 e. The lowest BCUT2D eigenvalue weighted by molar-refractivity contribution is -0.0271. The Morgan fingerprint density at radius 3 is 2.36 bits per heavy atom.